The van der Waals surface area contributed by atoms with E-state index in [4.69, 9.17) is 4.42 Å². The Morgan fingerprint density at radius 1 is 1.07 bits per heavy atom. The Morgan fingerprint density at radius 2 is 1.83 bits per heavy atom. The molecule has 1 N–H and O–H groups in total. The van der Waals surface area contributed by atoms with E-state index in [1.54, 1.807) is 18.2 Å². The van der Waals surface area contributed by atoms with Gasteiger partial charge >= 0.3 is 0 Å². The number of hydrogen-bond donors (Lipinski definition) is 1. The molecule has 6 heteroatoms. The fourth-order valence-electron chi connectivity index (χ4n) is 3.55. The molecule has 1 heterocycles. The molecule has 1 atom stereocenters. The quantitative estimate of drug-likeness (QED) is 0.501. The van der Waals surface area contributed by atoms with Crippen LogP contribution in [0, 0.1) is 0 Å². The van der Waals surface area contributed by atoms with E-state index < -0.39 is 6.10 Å². The summed E-state index contributed by atoms with van der Waals surface area (Å²) < 4.78 is 6.44. The number of anilines is 1. The third-order valence-corrected chi connectivity index (χ3v) is 4.83. The van der Waals surface area contributed by atoms with Gasteiger partial charge in [-0.05, 0) is 41.1 Å². The number of rotatable bonds is 6. The van der Waals surface area contributed by atoms with Gasteiger partial charge in [0, 0.05) is 17.7 Å². The van der Waals surface area contributed by atoms with E-state index in [2.05, 4.69) is 22.4 Å². The van der Waals surface area contributed by atoms with Crippen molar-refractivity contribution in [3.8, 4) is 11.5 Å². The highest BCUT2D eigenvalue weighted by atomic mass is 16.3. The second-order valence-electron chi connectivity index (χ2n) is 8.61. The van der Waals surface area contributed by atoms with Crippen LogP contribution in [0.15, 0.2) is 65.1 Å². The second-order valence-corrected chi connectivity index (χ2v) is 8.61. The Bertz CT molecular complexity index is 1210. The van der Waals surface area contributed by atoms with Gasteiger partial charge in [-0.25, -0.2) is 4.98 Å². The molecule has 3 aromatic carbocycles. The average molecular weight is 403 g/mol. The molecule has 0 saturated heterocycles. The Kier molecular flexibility index (Phi) is 5.28. The summed E-state index contributed by atoms with van der Waals surface area (Å²) in [5.74, 6) is 0.239. The molecule has 154 valence electrons. The van der Waals surface area contributed by atoms with E-state index in [1.807, 2.05) is 51.5 Å². The number of likely N-dealkylation sites (N-methyl/N-ethyl adjacent to an activating group) is 1. The predicted octanol–water partition coefficient (Wildman–Crippen LogP) is 3.41. The van der Waals surface area contributed by atoms with Crippen molar-refractivity contribution in [2.45, 2.75) is 12.5 Å². The van der Waals surface area contributed by atoms with E-state index in [9.17, 15) is 9.90 Å². The first kappa shape index (κ1) is 20.1. The highest BCUT2D eigenvalue weighted by Crippen LogP contribution is 2.28. The predicted molar refractivity (Wildman–Crippen MR) is 117 cm³/mol. The van der Waals surface area contributed by atoms with E-state index in [1.165, 1.54) is 0 Å². The normalized spacial score (nSPS) is 12.9. The van der Waals surface area contributed by atoms with Gasteiger partial charge in [-0.2, -0.15) is 0 Å². The minimum atomic E-state index is -0.944. The number of fused-ring (bicyclic) bond motifs is 2. The lowest BCUT2D eigenvalue weighted by molar-refractivity contribution is -0.880. The van der Waals surface area contributed by atoms with Gasteiger partial charge in [0.05, 0.1) is 27.7 Å². The molecule has 6 nitrogen and oxygen atoms in total. The first-order valence-corrected chi connectivity index (χ1v) is 9.93. The number of oxazole rings is 1. The van der Waals surface area contributed by atoms with Crippen molar-refractivity contribution in [2.75, 3.05) is 33.0 Å². The Hall–Kier alpha value is -3.22. The van der Waals surface area contributed by atoms with Crippen LogP contribution in [0.3, 0.4) is 0 Å². The van der Waals surface area contributed by atoms with Gasteiger partial charge in [-0.3, -0.25) is 4.79 Å². The lowest BCUT2D eigenvalue weighted by Crippen LogP contribution is -2.47. The summed E-state index contributed by atoms with van der Waals surface area (Å²) in [7, 11) is 5.82. The van der Waals surface area contributed by atoms with Crippen LogP contribution in [0.5, 0.6) is 0 Å². The zero-order valence-electron chi connectivity index (χ0n) is 17.4. The van der Waals surface area contributed by atoms with Gasteiger partial charge in [0.25, 0.3) is 0 Å². The summed E-state index contributed by atoms with van der Waals surface area (Å²) >= 11 is 0. The van der Waals surface area contributed by atoms with Crippen molar-refractivity contribution < 1.29 is 18.8 Å². The molecule has 1 amide bonds. The molecule has 0 bridgehead atoms. The van der Waals surface area contributed by atoms with Crippen molar-refractivity contribution in [2.24, 2.45) is 0 Å². The first-order valence-electron chi connectivity index (χ1n) is 9.93. The Morgan fingerprint density at radius 3 is 2.60 bits per heavy atom. The molecule has 0 aliphatic heterocycles. The maximum atomic E-state index is 12.2. The number of hydrogen-bond acceptors (Lipinski definition) is 4. The zero-order chi connectivity index (χ0) is 21.3. The van der Waals surface area contributed by atoms with Gasteiger partial charge in [0.15, 0.2) is 5.58 Å². The smallest absolute Gasteiger partial charge is 0.227 e. The van der Waals surface area contributed by atoms with Crippen LogP contribution in [0.25, 0.3) is 33.3 Å². The number of aromatic nitrogens is 1. The maximum absolute atomic E-state index is 12.2. The summed E-state index contributed by atoms with van der Waals surface area (Å²) in [5.41, 5.74) is 2.79. The molecular formula is C24H25N3O3. The standard InChI is InChI=1S/C24H25N3O3/c1-27(2,3)15-20(28)14-23(29)25-19-10-11-22-21(13-19)26-24(30-22)18-9-8-16-6-4-5-7-17(16)12-18/h4-13,20H,14-15H2,1-3H3,(H,25,29)/t20-/m0/s1. The fourth-order valence-corrected chi connectivity index (χ4v) is 3.55. The molecule has 0 saturated carbocycles. The summed E-state index contributed by atoms with van der Waals surface area (Å²) in [6.07, 6.45) is -1.00. The highest BCUT2D eigenvalue weighted by molar-refractivity contribution is 5.93. The van der Waals surface area contributed by atoms with Crippen molar-refractivity contribution >= 4 is 33.5 Å². The monoisotopic (exact) mass is 403 g/mol. The lowest BCUT2D eigenvalue weighted by atomic mass is 10.1. The molecule has 0 aliphatic rings. The molecule has 4 aromatic rings. The van der Waals surface area contributed by atoms with Gasteiger partial charge in [-0.1, -0.05) is 36.4 Å². The Balaban J connectivity index is 1.51. The fraction of sp³-hybridized carbons (Fsp3) is 0.250. The lowest BCUT2D eigenvalue weighted by Gasteiger charge is -2.32. The van der Waals surface area contributed by atoms with Crippen LogP contribution in [-0.2, 0) is 4.79 Å². The van der Waals surface area contributed by atoms with Crippen LogP contribution < -0.4 is 10.4 Å². The summed E-state index contributed by atoms with van der Waals surface area (Å²) in [5, 5.41) is 17.2. The number of carbonyl (C=O) groups excluding carboxylic acids is 1. The third-order valence-electron chi connectivity index (χ3n) is 4.83. The molecular weight excluding hydrogens is 378 g/mol. The van der Waals surface area contributed by atoms with Crippen LogP contribution >= 0.6 is 0 Å². The van der Waals surface area contributed by atoms with Crippen molar-refractivity contribution in [3.05, 3.63) is 60.7 Å². The molecule has 0 spiro atoms. The number of quaternary nitrogens is 1. The van der Waals surface area contributed by atoms with Gasteiger partial charge in [0.2, 0.25) is 11.8 Å². The Labute approximate surface area is 175 Å². The summed E-state index contributed by atoms with van der Waals surface area (Å²) in [6.45, 7) is 0.394. The first-order chi connectivity index (χ1) is 14.3. The summed E-state index contributed by atoms with van der Waals surface area (Å²) in [6, 6.07) is 19.5. The number of nitrogens with one attached hydrogen (secondary N) is 1. The third kappa shape index (κ3) is 4.67. The van der Waals surface area contributed by atoms with Crippen LogP contribution in [-0.4, -0.2) is 49.2 Å². The molecule has 30 heavy (non-hydrogen) atoms. The van der Waals surface area contributed by atoms with E-state index in [0.717, 1.165) is 16.3 Å². The largest absolute Gasteiger partial charge is 0.848 e. The van der Waals surface area contributed by atoms with Gasteiger partial charge < -0.3 is 19.3 Å². The topological polar surface area (TPSA) is 78.2 Å². The molecule has 0 aliphatic carbocycles. The number of carbonyl (C=O) groups is 1. The molecule has 0 radical (unpaired) electrons. The van der Waals surface area contributed by atoms with Crippen LogP contribution in [0.2, 0.25) is 0 Å². The molecule has 0 unspecified atom stereocenters. The highest BCUT2D eigenvalue weighted by Gasteiger charge is 2.14. The molecule has 1 aromatic heterocycles. The van der Waals surface area contributed by atoms with Crippen molar-refractivity contribution in [1.82, 2.24) is 4.98 Å². The van der Waals surface area contributed by atoms with Gasteiger partial charge in [-0.15, -0.1) is 0 Å². The SMILES string of the molecule is C[N+](C)(C)C[C@@H]([O-])CC(=O)Nc1ccc2oc(-c3ccc4ccccc4c3)nc2c1. The number of amides is 1. The molecule has 0 fully saturated rings. The maximum Gasteiger partial charge on any atom is 0.227 e. The minimum absolute atomic E-state index is 0.0608. The second kappa shape index (κ2) is 7.89. The van der Waals surface area contributed by atoms with Crippen LogP contribution in [0.1, 0.15) is 6.42 Å². The zero-order valence-corrected chi connectivity index (χ0v) is 17.4. The number of benzene rings is 3. The van der Waals surface area contributed by atoms with E-state index in [-0.39, 0.29) is 12.3 Å². The summed E-state index contributed by atoms with van der Waals surface area (Å²) in [4.78, 5) is 16.8. The van der Waals surface area contributed by atoms with Crippen molar-refractivity contribution in [3.63, 3.8) is 0 Å². The van der Waals surface area contributed by atoms with Crippen molar-refractivity contribution in [1.29, 1.82) is 0 Å². The van der Waals surface area contributed by atoms with Crippen LogP contribution in [0.4, 0.5) is 5.69 Å². The van der Waals surface area contributed by atoms with E-state index >= 15 is 0 Å². The number of nitrogens with zero attached hydrogens (tertiary/aromatic N) is 2. The molecule has 4 rings (SSSR count). The van der Waals surface area contributed by atoms with E-state index in [0.29, 0.717) is 33.7 Å². The average Bonchev–Trinajstić information content (AvgIpc) is 3.09. The van der Waals surface area contributed by atoms with Gasteiger partial charge in [0.1, 0.15) is 5.52 Å². The minimum Gasteiger partial charge on any atom is -0.848 e.